The molecule has 0 aromatic heterocycles. The van der Waals surface area contributed by atoms with Crippen LogP contribution in [0.4, 0.5) is 14.0 Å². The van der Waals surface area contributed by atoms with Crippen molar-refractivity contribution in [1.82, 2.24) is 19.8 Å². The van der Waals surface area contributed by atoms with Crippen molar-refractivity contribution in [2.45, 2.75) is 134 Å². The number of halogens is 1. The number of nitrogens with zero attached hydrogens (tertiary/aromatic N) is 2. The number of hydrogen-bond acceptors (Lipinski definition) is 8. The van der Waals surface area contributed by atoms with Crippen LogP contribution in [-0.2, 0) is 46.7 Å². The molecule has 14 heteroatoms. The first-order valence-electron chi connectivity index (χ1n) is 18.3. The Labute approximate surface area is 305 Å². The molecule has 4 amide bonds. The molecule has 12 nitrogen and oxygen atoms in total. The minimum atomic E-state index is -2.89. The first-order chi connectivity index (χ1) is 24.4. The standard InChI is InChI=1S/C38H51FN4O8S/c1-36(2,3)50-34(47)40-29-15-10-8-6-7-9-13-25-18-38(25,33(46)41-52(5,49)26-16-17-26)20-31(44)30-19-37(4,23-43(30)32(29)45)51-35(48)42-21-24-12-11-14-28(39)27(24)22-42/h9,11-14,25-26,29-30H,5-8,10,15-23H2,1-4H3,(H,40,47)(H,41,46,49)/b13-9-/t25-,29+,30+,37-,38-,52?/m1/s1. The molecule has 3 fully saturated rings. The number of rotatable bonds is 5. The lowest BCUT2D eigenvalue weighted by Crippen LogP contribution is -2.53. The number of hydrogen-bond donors (Lipinski definition) is 2. The minimum absolute atomic E-state index is 0.0205. The van der Waals surface area contributed by atoms with Crippen molar-refractivity contribution in [1.29, 1.82) is 0 Å². The Morgan fingerprint density at radius 1 is 1.06 bits per heavy atom. The van der Waals surface area contributed by atoms with Gasteiger partial charge in [0.15, 0.2) is 5.78 Å². The van der Waals surface area contributed by atoms with Gasteiger partial charge in [0.05, 0.1) is 34.3 Å². The average Bonchev–Trinajstić information content (AvgIpc) is 3.94. The fraction of sp³-hybridized carbons (Fsp3) is 0.632. The van der Waals surface area contributed by atoms with E-state index in [0.717, 1.165) is 19.3 Å². The number of carbonyl (C=O) groups excluding carboxylic acids is 5. The van der Waals surface area contributed by atoms with Gasteiger partial charge >= 0.3 is 12.2 Å². The van der Waals surface area contributed by atoms with Crippen LogP contribution in [0.2, 0.25) is 0 Å². The second-order valence-electron chi connectivity index (χ2n) is 16.5. The Kier molecular flexibility index (Phi) is 10.3. The van der Waals surface area contributed by atoms with Crippen LogP contribution < -0.4 is 10.0 Å². The topological polar surface area (TPSA) is 151 Å². The van der Waals surface area contributed by atoms with Crippen LogP contribution in [0.1, 0.15) is 103 Å². The van der Waals surface area contributed by atoms with E-state index in [1.807, 2.05) is 12.2 Å². The van der Waals surface area contributed by atoms with Gasteiger partial charge in [0, 0.05) is 30.2 Å². The van der Waals surface area contributed by atoms with Crippen LogP contribution in [0, 0.1) is 17.2 Å². The number of alkyl carbamates (subject to hydrolysis) is 1. The van der Waals surface area contributed by atoms with Gasteiger partial charge in [0.2, 0.25) is 11.8 Å². The number of Topliss-reactive ketones (excluding diaryl/α,β-unsaturated/α-hetero) is 1. The third-order valence-electron chi connectivity index (χ3n) is 10.8. The molecule has 0 bridgehead atoms. The van der Waals surface area contributed by atoms with Gasteiger partial charge in [-0.3, -0.25) is 24.0 Å². The van der Waals surface area contributed by atoms with Gasteiger partial charge in [-0.2, -0.15) is 0 Å². The molecule has 0 spiro atoms. The minimum Gasteiger partial charge on any atom is -0.444 e. The zero-order chi connectivity index (χ0) is 37.6. The Balaban J connectivity index is 1.28. The maximum Gasteiger partial charge on any atom is 0.410 e. The van der Waals surface area contributed by atoms with E-state index in [2.05, 4.69) is 15.9 Å². The number of benzene rings is 1. The lowest BCUT2D eigenvalue weighted by Gasteiger charge is -2.31. The molecule has 2 aliphatic carbocycles. The summed E-state index contributed by atoms with van der Waals surface area (Å²) in [5.41, 5.74) is -2.22. The zero-order valence-electron chi connectivity index (χ0n) is 30.5. The average molecular weight is 743 g/mol. The Hall–Kier alpha value is -3.94. The van der Waals surface area contributed by atoms with Crippen LogP contribution in [0.3, 0.4) is 0 Å². The SMILES string of the molecule is C=S(=O)(NC(=O)[C@]12CC(=O)[C@@H]3C[C@@](C)(OC(=O)N4Cc5cccc(F)c5C4)CN3C(=O)[C@@H](NC(=O)OC(C)(C)C)CCCCC/C=C\[C@@H]1C2)C1CC1. The van der Waals surface area contributed by atoms with Crippen LogP contribution in [0.15, 0.2) is 30.4 Å². The highest BCUT2D eigenvalue weighted by molar-refractivity contribution is 7.99. The predicted molar refractivity (Wildman–Crippen MR) is 193 cm³/mol. The van der Waals surface area contributed by atoms with Gasteiger partial charge in [-0.1, -0.05) is 37.1 Å². The second-order valence-corrected chi connectivity index (χ2v) is 18.8. The summed E-state index contributed by atoms with van der Waals surface area (Å²) in [7, 11) is -2.89. The molecule has 1 aromatic rings. The molecular formula is C38H51FN4O8S. The first-order valence-corrected chi connectivity index (χ1v) is 20.1. The van der Waals surface area contributed by atoms with Gasteiger partial charge in [0.25, 0.3) is 0 Å². The Morgan fingerprint density at radius 2 is 1.81 bits per heavy atom. The van der Waals surface area contributed by atoms with E-state index in [1.165, 1.54) is 15.9 Å². The molecule has 3 heterocycles. The predicted octanol–water partition coefficient (Wildman–Crippen LogP) is 4.93. The molecule has 1 aromatic carbocycles. The number of carbonyl (C=O) groups is 5. The third kappa shape index (κ3) is 8.31. The zero-order valence-corrected chi connectivity index (χ0v) is 31.4. The summed E-state index contributed by atoms with van der Waals surface area (Å²) in [6, 6.07) is 2.55. The third-order valence-corrected chi connectivity index (χ3v) is 12.9. The number of ketones is 1. The van der Waals surface area contributed by atoms with E-state index in [1.54, 1.807) is 39.8 Å². The summed E-state index contributed by atoms with van der Waals surface area (Å²) in [5.74, 6) is 1.73. The van der Waals surface area contributed by atoms with Gasteiger partial charge in [-0.25, -0.2) is 18.2 Å². The van der Waals surface area contributed by atoms with Crippen LogP contribution in [0.5, 0.6) is 0 Å². The summed E-state index contributed by atoms with van der Waals surface area (Å²) in [6.45, 7) is 6.83. The van der Waals surface area contributed by atoms with E-state index >= 15 is 0 Å². The number of allylic oxidation sites excluding steroid dienone is 2. The summed E-state index contributed by atoms with van der Waals surface area (Å²) >= 11 is 0. The molecule has 5 aliphatic rings. The number of nitrogens with one attached hydrogen (secondary N) is 2. The highest BCUT2D eigenvalue weighted by Gasteiger charge is 2.62. The highest BCUT2D eigenvalue weighted by atomic mass is 32.2. The molecule has 0 radical (unpaired) electrons. The Morgan fingerprint density at radius 3 is 2.50 bits per heavy atom. The molecular weight excluding hydrogens is 692 g/mol. The van der Waals surface area contributed by atoms with Gasteiger partial charge in [-0.05, 0) is 89.6 Å². The van der Waals surface area contributed by atoms with Crippen molar-refractivity contribution < 1.29 is 42.0 Å². The summed E-state index contributed by atoms with van der Waals surface area (Å²) in [6.07, 6.45) is 7.24. The smallest absolute Gasteiger partial charge is 0.410 e. The van der Waals surface area contributed by atoms with Crippen LogP contribution in [0.25, 0.3) is 0 Å². The Bertz CT molecular complexity index is 1770. The molecule has 3 aliphatic heterocycles. The number of fused-ring (bicyclic) bond motifs is 3. The van der Waals surface area contributed by atoms with E-state index in [9.17, 15) is 32.6 Å². The van der Waals surface area contributed by atoms with Crippen LogP contribution in [-0.4, -0.2) is 84.7 Å². The molecule has 1 saturated heterocycles. The lowest BCUT2D eigenvalue weighted by atomic mass is 9.90. The van der Waals surface area contributed by atoms with E-state index < -0.39 is 74.0 Å². The number of ether oxygens (including phenoxy) is 2. The fourth-order valence-corrected chi connectivity index (χ4v) is 9.32. The van der Waals surface area contributed by atoms with Crippen molar-refractivity contribution >= 4 is 45.4 Å². The molecule has 2 N–H and O–H groups in total. The second kappa shape index (κ2) is 14.1. The van der Waals surface area contributed by atoms with Crippen LogP contribution >= 0.6 is 0 Å². The molecule has 2 saturated carbocycles. The summed E-state index contributed by atoms with van der Waals surface area (Å²) in [4.78, 5) is 72.1. The summed E-state index contributed by atoms with van der Waals surface area (Å²) < 4.78 is 42.0. The van der Waals surface area contributed by atoms with E-state index in [0.29, 0.717) is 43.2 Å². The number of amides is 4. The van der Waals surface area contributed by atoms with Gasteiger partial charge in [0.1, 0.15) is 23.1 Å². The van der Waals surface area contributed by atoms with Crippen molar-refractivity contribution in [3.8, 4) is 0 Å². The first kappa shape index (κ1) is 37.8. The summed E-state index contributed by atoms with van der Waals surface area (Å²) in [5, 5.41) is 2.54. The molecule has 52 heavy (non-hydrogen) atoms. The largest absolute Gasteiger partial charge is 0.444 e. The molecule has 6 rings (SSSR count). The monoisotopic (exact) mass is 742 g/mol. The van der Waals surface area contributed by atoms with Crippen molar-refractivity contribution in [2.24, 2.45) is 11.3 Å². The van der Waals surface area contributed by atoms with E-state index in [-0.39, 0.29) is 43.6 Å². The van der Waals surface area contributed by atoms with Crippen molar-refractivity contribution in [3.05, 3.63) is 47.3 Å². The fourth-order valence-electron chi connectivity index (χ4n) is 7.74. The highest BCUT2D eigenvalue weighted by Crippen LogP contribution is 2.57. The maximum atomic E-state index is 14.5. The lowest BCUT2D eigenvalue weighted by molar-refractivity contribution is -0.140. The maximum absolute atomic E-state index is 14.5. The van der Waals surface area contributed by atoms with Crippen molar-refractivity contribution in [2.75, 3.05) is 6.54 Å². The molecule has 6 atom stereocenters. The van der Waals surface area contributed by atoms with Gasteiger partial charge < -0.3 is 19.7 Å². The molecule has 284 valence electrons. The van der Waals surface area contributed by atoms with Crippen molar-refractivity contribution in [3.63, 3.8) is 0 Å². The van der Waals surface area contributed by atoms with E-state index in [4.69, 9.17) is 9.47 Å². The normalized spacial score (nSPS) is 31.1. The molecule has 1 unspecified atom stereocenters. The van der Waals surface area contributed by atoms with Gasteiger partial charge in [-0.15, -0.1) is 0 Å². The quantitative estimate of drug-likeness (QED) is 0.319.